The van der Waals surface area contributed by atoms with Crippen LogP contribution >= 0.6 is 0 Å². The van der Waals surface area contributed by atoms with E-state index in [1.54, 1.807) is 18.5 Å². The second kappa shape index (κ2) is 27.7. The van der Waals surface area contributed by atoms with Crippen LogP contribution in [-0.2, 0) is 0 Å². The number of aromatic nitrogens is 3. The molecule has 7 rings (SSSR count). The Kier molecular flexibility index (Phi) is 22.6. The fraction of sp³-hybridized carbons (Fsp3) is 0. The van der Waals surface area contributed by atoms with E-state index in [1.165, 1.54) is 0 Å². The maximum atomic E-state index is 5.36. The molecule has 9 heteroatoms. The van der Waals surface area contributed by atoms with Crippen LogP contribution in [-0.4, -0.2) is 15.4 Å². The highest BCUT2D eigenvalue weighted by Gasteiger charge is 1.75. The molecule has 0 aliphatic carbocycles. The van der Waals surface area contributed by atoms with E-state index in [2.05, 4.69) is 15.4 Å². The Bertz CT molecular complexity index is 1310. The molecule has 0 atom stereocenters. The molecular weight excluding hydrogens is 594 g/mol. The standard InChI is InChI=1S/6C6H7N.C3H3N3/c6*7-6-4-2-1-3-5-6;1-2-4-6-5-3-1/h6*1-5H,7H2;1-3H. The van der Waals surface area contributed by atoms with Gasteiger partial charge >= 0.3 is 0 Å². The van der Waals surface area contributed by atoms with Crippen molar-refractivity contribution in [3.63, 3.8) is 0 Å². The van der Waals surface area contributed by atoms with Crippen LogP contribution in [0.2, 0.25) is 0 Å². The van der Waals surface area contributed by atoms with Crippen molar-refractivity contribution in [3.8, 4) is 0 Å². The van der Waals surface area contributed by atoms with E-state index < -0.39 is 0 Å². The Morgan fingerprint density at radius 2 is 0.396 bits per heavy atom. The number of para-hydroxylation sites is 6. The molecule has 0 aliphatic heterocycles. The molecule has 246 valence electrons. The van der Waals surface area contributed by atoms with Crippen LogP contribution in [0.4, 0.5) is 34.1 Å². The highest BCUT2D eigenvalue weighted by molar-refractivity contribution is 5.38. The van der Waals surface area contributed by atoms with Crippen molar-refractivity contribution in [2.24, 2.45) is 0 Å². The molecule has 0 saturated carbocycles. The summed E-state index contributed by atoms with van der Waals surface area (Å²) in [5.41, 5.74) is 37.1. The van der Waals surface area contributed by atoms with Crippen LogP contribution in [0.1, 0.15) is 0 Å². The maximum absolute atomic E-state index is 5.36. The molecular formula is C39H45N9. The van der Waals surface area contributed by atoms with Crippen molar-refractivity contribution in [1.29, 1.82) is 0 Å². The van der Waals surface area contributed by atoms with E-state index in [9.17, 15) is 0 Å². The van der Waals surface area contributed by atoms with Crippen molar-refractivity contribution in [2.75, 3.05) is 34.4 Å². The molecule has 9 nitrogen and oxygen atoms in total. The molecule has 6 aromatic carbocycles. The van der Waals surface area contributed by atoms with E-state index in [0.717, 1.165) is 34.1 Å². The van der Waals surface area contributed by atoms with Crippen LogP contribution in [0.5, 0.6) is 0 Å². The molecule has 0 saturated heterocycles. The molecule has 12 N–H and O–H groups in total. The van der Waals surface area contributed by atoms with Crippen molar-refractivity contribution < 1.29 is 0 Å². The monoisotopic (exact) mass is 639 g/mol. The third kappa shape index (κ3) is 25.6. The summed E-state index contributed by atoms with van der Waals surface area (Å²) in [4.78, 5) is 0. The van der Waals surface area contributed by atoms with Crippen molar-refractivity contribution in [1.82, 2.24) is 15.4 Å². The number of benzene rings is 6. The second-order valence-electron chi connectivity index (χ2n) is 9.28. The Labute approximate surface area is 283 Å². The molecule has 0 unspecified atom stereocenters. The Hall–Kier alpha value is -6.87. The summed E-state index contributed by atoms with van der Waals surface area (Å²) in [7, 11) is 0. The summed E-state index contributed by atoms with van der Waals surface area (Å²) in [6.07, 6.45) is 3.15. The average Bonchev–Trinajstić information content (AvgIpc) is 3.13. The summed E-state index contributed by atoms with van der Waals surface area (Å²) in [6.45, 7) is 0. The van der Waals surface area contributed by atoms with Crippen LogP contribution in [0.15, 0.2) is 200 Å². The van der Waals surface area contributed by atoms with Gasteiger partial charge in [-0.25, -0.2) is 0 Å². The van der Waals surface area contributed by atoms with Crippen molar-refractivity contribution >= 4 is 34.1 Å². The first-order valence-corrected chi connectivity index (χ1v) is 14.8. The van der Waals surface area contributed by atoms with Crippen LogP contribution in [0, 0.1) is 0 Å². The van der Waals surface area contributed by atoms with E-state index in [0.29, 0.717) is 0 Å². The van der Waals surface area contributed by atoms with Crippen LogP contribution < -0.4 is 34.4 Å². The summed E-state index contributed by atoms with van der Waals surface area (Å²) in [6, 6.07) is 58.6. The molecule has 0 radical (unpaired) electrons. The molecule has 0 spiro atoms. The lowest BCUT2D eigenvalue weighted by atomic mass is 10.3. The fourth-order valence-corrected chi connectivity index (χ4v) is 2.92. The Morgan fingerprint density at radius 1 is 0.229 bits per heavy atom. The van der Waals surface area contributed by atoms with Gasteiger partial charge < -0.3 is 34.4 Å². The summed E-state index contributed by atoms with van der Waals surface area (Å²) in [5, 5.41) is 10.1. The summed E-state index contributed by atoms with van der Waals surface area (Å²) < 4.78 is 0. The fourth-order valence-electron chi connectivity index (χ4n) is 2.92. The summed E-state index contributed by atoms with van der Waals surface area (Å²) >= 11 is 0. The smallest absolute Gasteiger partial charge is 0.0529 e. The number of hydrogen-bond donors (Lipinski definition) is 6. The van der Waals surface area contributed by atoms with Gasteiger partial charge in [-0.1, -0.05) is 109 Å². The van der Waals surface area contributed by atoms with E-state index >= 15 is 0 Å². The lowest BCUT2D eigenvalue weighted by Gasteiger charge is -1.83. The molecule has 0 amide bonds. The molecule has 48 heavy (non-hydrogen) atoms. The predicted molar refractivity (Wildman–Crippen MR) is 205 cm³/mol. The van der Waals surface area contributed by atoms with Gasteiger partial charge in [0.25, 0.3) is 0 Å². The first-order valence-electron chi connectivity index (χ1n) is 14.8. The molecule has 0 fully saturated rings. The maximum Gasteiger partial charge on any atom is 0.0529 e. The van der Waals surface area contributed by atoms with Gasteiger partial charge in [0.05, 0.1) is 12.4 Å². The molecule has 1 heterocycles. The lowest BCUT2D eigenvalue weighted by molar-refractivity contribution is 0.865. The topological polar surface area (TPSA) is 195 Å². The minimum absolute atomic E-state index is 0.822. The van der Waals surface area contributed by atoms with E-state index in [-0.39, 0.29) is 0 Å². The number of hydrogen-bond acceptors (Lipinski definition) is 9. The summed E-state index contributed by atoms with van der Waals surface area (Å²) in [5.74, 6) is 0. The highest BCUT2D eigenvalue weighted by Crippen LogP contribution is 1.99. The molecule has 0 bridgehead atoms. The van der Waals surface area contributed by atoms with Crippen molar-refractivity contribution in [2.45, 2.75) is 0 Å². The van der Waals surface area contributed by atoms with Gasteiger partial charge in [-0.15, -0.1) is 10.2 Å². The van der Waals surface area contributed by atoms with Crippen LogP contribution in [0.25, 0.3) is 0 Å². The van der Waals surface area contributed by atoms with Gasteiger partial charge in [0, 0.05) is 34.1 Å². The van der Waals surface area contributed by atoms with Gasteiger partial charge in [0.15, 0.2) is 0 Å². The normalized spacial score (nSPS) is 8.50. The second-order valence-corrected chi connectivity index (χ2v) is 9.28. The van der Waals surface area contributed by atoms with Crippen LogP contribution in [0.3, 0.4) is 0 Å². The molecule has 7 aromatic rings. The first-order chi connectivity index (χ1) is 23.4. The number of anilines is 6. The van der Waals surface area contributed by atoms with E-state index in [1.807, 2.05) is 182 Å². The molecule has 1 aromatic heterocycles. The SMILES string of the molecule is Nc1ccccc1.Nc1ccccc1.Nc1ccccc1.Nc1ccccc1.Nc1ccccc1.Nc1ccccc1.c1cnnnc1. The zero-order valence-electron chi connectivity index (χ0n) is 26.9. The number of nitrogens with zero attached hydrogens (tertiary/aromatic N) is 3. The van der Waals surface area contributed by atoms with Gasteiger partial charge in [-0.3, -0.25) is 0 Å². The average molecular weight is 640 g/mol. The highest BCUT2D eigenvalue weighted by atomic mass is 15.3. The van der Waals surface area contributed by atoms with E-state index in [4.69, 9.17) is 34.4 Å². The zero-order valence-corrected chi connectivity index (χ0v) is 26.9. The first kappa shape index (κ1) is 39.2. The zero-order chi connectivity index (χ0) is 34.9. The van der Waals surface area contributed by atoms with Gasteiger partial charge in [-0.05, 0) is 84.1 Å². The van der Waals surface area contributed by atoms with Gasteiger partial charge in [0.2, 0.25) is 0 Å². The van der Waals surface area contributed by atoms with Gasteiger partial charge in [0.1, 0.15) is 0 Å². The number of nitrogens with two attached hydrogens (primary N) is 6. The number of rotatable bonds is 0. The Balaban J connectivity index is 0.000000280. The minimum Gasteiger partial charge on any atom is -0.399 e. The van der Waals surface area contributed by atoms with Gasteiger partial charge in [-0.2, -0.15) is 0 Å². The third-order valence-corrected chi connectivity index (χ3v) is 5.21. The quantitative estimate of drug-likeness (QED) is 0.0911. The largest absolute Gasteiger partial charge is 0.399 e. The Morgan fingerprint density at radius 3 is 0.458 bits per heavy atom. The lowest BCUT2D eigenvalue weighted by Crippen LogP contribution is -1.79. The van der Waals surface area contributed by atoms with Crippen molar-refractivity contribution in [3.05, 3.63) is 200 Å². The molecule has 0 aliphatic rings. The number of nitrogen functional groups attached to an aromatic ring is 6. The predicted octanol–water partition coefficient (Wildman–Crippen LogP) is 7.48. The minimum atomic E-state index is 0.822. The third-order valence-electron chi connectivity index (χ3n) is 5.21.